The smallest absolute Gasteiger partial charge is 0.277 e. The molecular weight excluding hydrogens is 443 g/mol. The summed E-state index contributed by atoms with van der Waals surface area (Å²) >= 11 is 1.23. The average molecular weight is 465 g/mol. The van der Waals surface area contributed by atoms with Crippen LogP contribution in [0.25, 0.3) is 27.9 Å². The molecule has 0 atom stereocenters. The van der Waals surface area contributed by atoms with Crippen LogP contribution >= 0.6 is 11.8 Å². The topological polar surface area (TPSA) is 84.3 Å². The van der Waals surface area contributed by atoms with E-state index in [1.807, 2.05) is 35.4 Å². The molecule has 1 aliphatic rings. The van der Waals surface area contributed by atoms with E-state index in [4.69, 9.17) is 9.15 Å². The molecule has 0 saturated carbocycles. The Morgan fingerprint density at radius 1 is 1.24 bits per heavy atom. The van der Waals surface area contributed by atoms with Crippen molar-refractivity contribution in [3.05, 3.63) is 66.1 Å². The third-order valence-electron chi connectivity index (χ3n) is 5.61. The number of benzene rings is 2. The van der Waals surface area contributed by atoms with Crippen LogP contribution in [0.2, 0.25) is 0 Å². The summed E-state index contributed by atoms with van der Waals surface area (Å²) in [4.78, 5) is 17.6. The first-order valence-corrected chi connectivity index (χ1v) is 11.4. The molecule has 168 valence electrons. The van der Waals surface area contributed by atoms with Gasteiger partial charge >= 0.3 is 0 Å². The number of carbonyl (C=O) groups is 1. The van der Waals surface area contributed by atoms with Gasteiger partial charge in [-0.15, -0.1) is 10.2 Å². The van der Waals surface area contributed by atoms with Crippen LogP contribution in [0.3, 0.4) is 0 Å². The summed E-state index contributed by atoms with van der Waals surface area (Å²) in [5.74, 6) is 1.12. The molecule has 0 spiro atoms. The maximum atomic E-state index is 13.4. The SMILES string of the molecule is COc1ccc(-c2nnc(SCC(=O)N3CC=C(c4c[nH]c5cc(F)ccc45)CC3)o2)cc1. The number of carbonyl (C=O) groups excluding carboxylic acids is 1. The number of rotatable bonds is 6. The number of ether oxygens (including phenoxy) is 1. The second-order valence-electron chi connectivity index (χ2n) is 7.60. The van der Waals surface area contributed by atoms with E-state index < -0.39 is 0 Å². The zero-order valence-electron chi connectivity index (χ0n) is 17.9. The second kappa shape index (κ2) is 9.11. The standard InChI is InChI=1S/C24H21FN4O3S/c1-31-18-5-2-16(3-6-18)23-27-28-24(32-23)33-14-22(30)29-10-8-15(9-11-29)20-13-26-21-12-17(25)4-7-19(20)21/h2-8,12-13,26H,9-11,14H2,1H3. The van der Waals surface area contributed by atoms with Crippen LogP contribution in [0.4, 0.5) is 4.39 Å². The van der Waals surface area contributed by atoms with Gasteiger partial charge in [0, 0.05) is 41.3 Å². The minimum absolute atomic E-state index is 0.0143. The Bertz CT molecular complexity index is 1330. The van der Waals surface area contributed by atoms with Crippen molar-refractivity contribution in [3.8, 4) is 17.2 Å². The van der Waals surface area contributed by atoms with E-state index in [0.29, 0.717) is 24.2 Å². The molecule has 0 radical (unpaired) electrons. The van der Waals surface area contributed by atoms with Gasteiger partial charge in [-0.25, -0.2) is 4.39 Å². The molecule has 3 heterocycles. The highest BCUT2D eigenvalue weighted by molar-refractivity contribution is 7.99. The average Bonchev–Trinajstić information content (AvgIpc) is 3.50. The van der Waals surface area contributed by atoms with Crippen LogP contribution in [-0.4, -0.2) is 51.9 Å². The van der Waals surface area contributed by atoms with Crippen molar-refractivity contribution in [1.29, 1.82) is 0 Å². The molecule has 0 fully saturated rings. The molecule has 0 saturated heterocycles. The van der Waals surface area contributed by atoms with E-state index in [0.717, 1.165) is 39.8 Å². The van der Waals surface area contributed by atoms with Crippen molar-refractivity contribution in [1.82, 2.24) is 20.1 Å². The summed E-state index contributed by atoms with van der Waals surface area (Å²) in [6, 6.07) is 12.1. The number of aromatic amines is 1. The summed E-state index contributed by atoms with van der Waals surface area (Å²) in [5, 5.41) is 9.44. The molecule has 0 aliphatic carbocycles. The van der Waals surface area contributed by atoms with Gasteiger partial charge in [0.15, 0.2) is 0 Å². The number of nitrogens with zero attached hydrogens (tertiary/aromatic N) is 3. The van der Waals surface area contributed by atoms with E-state index in [1.165, 1.54) is 23.9 Å². The number of amides is 1. The summed E-state index contributed by atoms with van der Waals surface area (Å²) in [6.45, 7) is 1.16. The highest BCUT2D eigenvalue weighted by Gasteiger charge is 2.20. The molecule has 0 bridgehead atoms. The van der Waals surface area contributed by atoms with Gasteiger partial charge in [-0.3, -0.25) is 4.79 Å². The van der Waals surface area contributed by atoms with E-state index >= 15 is 0 Å². The number of hydrogen-bond acceptors (Lipinski definition) is 6. The fourth-order valence-corrected chi connectivity index (χ4v) is 4.50. The number of hydrogen-bond donors (Lipinski definition) is 1. The number of thioether (sulfide) groups is 1. The van der Waals surface area contributed by atoms with Crippen LogP contribution in [0.5, 0.6) is 5.75 Å². The molecule has 2 aromatic carbocycles. The molecule has 1 N–H and O–H groups in total. The van der Waals surface area contributed by atoms with Crippen molar-refractivity contribution in [2.75, 3.05) is 26.0 Å². The third-order valence-corrected chi connectivity index (χ3v) is 6.42. The Kier molecular flexibility index (Phi) is 5.87. The zero-order chi connectivity index (χ0) is 22.8. The highest BCUT2D eigenvalue weighted by atomic mass is 32.2. The minimum Gasteiger partial charge on any atom is -0.497 e. The van der Waals surface area contributed by atoms with Gasteiger partial charge in [0.25, 0.3) is 5.22 Å². The van der Waals surface area contributed by atoms with Crippen molar-refractivity contribution >= 4 is 34.1 Å². The first-order valence-electron chi connectivity index (χ1n) is 10.5. The van der Waals surface area contributed by atoms with E-state index in [1.54, 1.807) is 13.2 Å². The lowest BCUT2D eigenvalue weighted by molar-refractivity contribution is -0.127. The fraction of sp³-hybridized carbons (Fsp3) is 0.208. The summed E-state index contributed by atoms with van der Waals surface area (Å²) in [7, 11) is 1.61. The van der Waals surface area contributed by atoms with Gasteiger partial charge in [0.1, 0.15) is 11.6 Å². The predicted molar refractivity (Wildman–Crippen MR) is 124 cm³/mol. The predicted octanol–water partition coefficient (Wildman–Crippen LogP) is 4.77. The first kappa shape index (κ1) is 21.3. The molecular formula is C24H21FN4O3S. The molecule has 0 unspecified atom stereocenters. The van der Waals surface area contributed by atoms with Gasteiger partial charge in [-0.05, 0) is 54.5 Å². The molecule has 5 rings (SSSR count). The Morgan fingerprint density at radius 3 is 2.85 bits per heavy atom. The van der Waals surface area contributed by atoms with Crippen molar-refractivity contribution in [3.63, 3.8) is 0 Å². The number of methoxy groups -OCH3 is 1. The van der Waals surface area contributed by atoms with E-state index in [9.17, 15) is 9.18 Å². The Labute approximate surface area is 193 Å². The van der Waals surface area contributed by atoms with Gasteiger partial charge < -0.3 is 19.0 Å². The van der Waals surface area contributed by atoms with Crippen LogP contribution in [0.1, 0.15) is 12.0 Å². The monoisotopic (exact) mass is 464 g/mol. The largest absolute Gasteiger partial charge is 0.497 e. The third kappa shape index (κ3) is 4.49. The van der Waals surface area contributed by atoms with E-state index in [-0.39, 0.29) is 17.5 Å². The normalized spacial score (nSPS) is 13.9. The summed E-state index contributed by atoms with van der Waals surface area (Å²) in [6.07, 6.45) is 4.70. The van der Waals surface area contributed by atoms with Crippen LogP contribution in [0.15, 0.2) is 64.4 Å². The maximum Gasteiger partial charge on any atom is 0.277 e. The minimum atomic E-state index is -0.264. The van der Waals surface area contributed by atoms with E-state index in [2.05, 4.69) is 21.3 Å². The van der Waals surface area contributed by atoms with Crippen LogP contribution < -0.4 is 4.74 Å². The maximum absolute atomic E-state index is 13.4. The lowest BCUT2D eigenvalue weighted by atomic mass is 9.99. The lowest BCUT2D eigenvalue weighted by Crippen LogP contribution is -2.35. The summed E-state index contributed by atoms with van der Waals surface area (Å²) in [5.41, 5.74) is 3.78. The first-order chi connectivity index (χ1) is 16.1. The van der Waals surface area contributed by atoms with Gasteiger partial charge in [-0.2, -0.15) is 0 Å². The zero-order valence-corrected chi connectivity index (χ0v) is 18.7. The number of aromatic nitrogens is 3. The summed E-state index contributed by atoms with van der Waals surface area (Å²) < 4.78 is 24.3. The lowest BCUT2D eigenvalue weighted by Gasteiger charge is -2.26. The molecule has 1 aliphatic heterocycles. The molecule has 7 nitrogen and oxygen atoms in total. The Morgan fingerprint density at radius 2 is 2.09 bits per heavy atom. The Hall–Kier alpha value is -3.59. The number of fused-ring (bicyclic) bond motifs is 1. The molecule has 33 heavy (non-hydrogen) atoms. The quantitative estimate of drug-likeness (QED) is 0.414. The Balaban J connectivity index is 1.18. The molecule has 9 heteroatoms. The van der Waals surface area contributed by atoms with Gasteiger partial charge in [0.2, 0.25) is 11.8 Å². The molecule has 1 amide bonds. The van der Waals surface area contributed by atoms with Crippen molar-refractivity contribution < 1.29 is 18.3 Å². The number of H-pyrrole nitrogens is 1. The second-order valence-corrected chi connectivity index (χ2v) is 8.53. The van der Waals surface area contributed by atoms with Gasteiger partial charge in [-0.1, -0.05) is 17.8 Å². The van der Waals surface area contributed by atoms with Crippen molar-refractivity contribution in [2.45, 2.75) is 11.6 Å². The van der Waals surface area contributed by atoms with Gasteiger partial charge in [0.05, 0.1) is 12.9 Å². The van der Waals surface area contributed by atoms with Crippen molar-refractivity contribution in [2.24, 2.45) is 0 Å². The highest BCUT2D eigenvalue weighted by Crippen LogP contribution is 2.30. The van der Waals surface area contributed by atoms with Crippen LogP contribution in [0, 0.1) is 5.82 Å². The number of nitrogens with one attached hydrogen (secondary N) is 1. The number of halogens is 1. The molecule has 2 aromatic heterocycles. The fourth-order valence-electron chi connectivity index (χ4n) is 3.84. The van der Waals surface area contributed by atoms with Crippen LogP contribution in [-0.2, 0) is 4.79 Å². The molecule has 4 aromatic rings.